The van der Waals surface area contributed by atoms with E-state index in [1.165, 1.54) is 6.33 Å². The number of nitrogens with zero attached hydrogens (tertiary/aromatic N) is 2. The van der Waals surface area contributed by atoms with E-state index in [1.807, 2.05) is 0 Å². The predicted octanol–water partition coefficient (Wildman–Crippen LogP) is 2.04. The Balaban J connectivity index is 1.83. The fourth-order valence-electron chi connectivity index (χ4n) is 1.59. The second-order valence-corrected chi connectivity index (χ2v) is 3.61. The lowest BCUT2D eigenvalue weighted by atomic mass is 10.3. The van der Waals surface area contributed by atoms with Crippen molar-refractivity contribution in [2.45, 2.75) is 0 Å². The second kappa shape index (κ2) is 4.40. The number of fused-ring (bicyclic) bond motifs is 1. The second-order valence-electron chi connectivity index (χ2n) is 3.61. The Bertz CT molecular complexity index is 574. The summed E-state index contributed by atoms with van der Waals surface area (Å²) in [6.07, 6.45) is 1.44. The Morgan fingerprint density at radius 3 is 2.94 bits per heavy atom. The fourth-order valence-corrected chi connectivity index (χ4v) is 1.59. The van der Waals surface area contributed by atoms with Gasteiger partial charge in [0.1, 0.15) is 17.9 Å². The number of aromatic nitrogens is 2. The molecule has 92 valence electrons. The van der Waals surface area contributed by atoms with Gasteiger partial charge in [0.2, 0.25) is 12.7 Å². The highest BCUT2D eigenvalue weighted by molar-refractivity contribution is 5.48. The number of benzene rings is 1. The zero-order chi connectivity index (χ0) is 12.4. The van der Waals surface area contributed by atoms with Gasteiger partial charge in [-0.15, -0.1) is 0 Å². The van der Waals surface area contributed by atoms with Gasteiger partial charge in [-0.2, -0.15) is 0 Å². The van der Waals surface area contributed by atoms with Crippen LogP contribution in [0.3, 0.4) is 0 Å². The number of nitrogens with one attached hydrogen (secondary N) is 1. The molecule has 18 heavy (non-hydrogen) atoms. The highest BCUT2D eigenvalue weighted by Gasteiger charge is 2.14. The van der Waals surface area contributed by atoms with Crippen LogP contribution in [0, 0.1) is 0 Å². The lowest BCUT2D eigenvalue weighted by molar-refractivity contribution is 0.174. The Kier molecular flexibility index (Phi) is 2.60. The van der Waals surface area contributed by atoms with Crippen molar-refractivity contribution in [3.8, 4) is 23.1 Å². The topological polar surface area (TPSA) is 65.5 Å². The van der Waals surface area contributed by atoms with E-state index in [1.54, 1.807) is 31.3 Å². The molecule has 1 aliphatic rings. The third kappa shape index (κ3) is 2.00. The summed E-state index contributed by atoms with van der Waals surface area (Å²) in [5.41, 5.74) is 0. The monoisotopic (exact) mass is 245 g/mol. The summed E-state index contributed by atoms with van der Waals surface area (Å²) in [6.45, 7) is 0.246. The molecule has 1 aromatic carbocycles. The van der Waals surface area contributed by atoms with Crippen LogP contribution in [-0.4, -0.2) is 23.8 Å². The average molecular weight is 245 g/mol. The van der Waals surface area contributed by atoms with Crippen LogP contribution < -0.4 is 19.5 Å². The maximum absolute atomic E-state index is 5.62. The number of anilines is 1. The molecular weight excluding hydrogens is 234 g/mol. The Morgan fingerprint density at radius 2 is 2.06 bits per heavy atom. The van der Waals surface area contributed by atoms with Crippen LogP contribution in [0.15, 0.2) is 30.6 Å². The van der Waals surface area contributed by atoms with Crippen LogP contribution in [-0.2, 0) is 0 Å². The minimum Gasteiger partial charge on any atom is -0.454 e. The number of ether oxygens (including phenoxy) is 3. The van der Waals surface area contributed by atoms with Crippen molar-refractivity contribution in [1.29, 1.82) is 0 Å². The van der Waals surface area contributed by atoms with E-state index in [-0.39, 0.29) is 6.79 Å². The highest BCUT2D eigenvalue weighted by atomic mass is 16.7. The van der Waals surface area contributed by atoms with Crippen LogP contribution in [0.25, 0.3) is 0 Å². The van der Waals surface area contributed by atoms with E-state index in [9.17, 15) is 0 Å². The standard InChI is InChI=1S/C12H11N3O3/c1-13-11-5-12(15-6-14-11)18-8-2-3-9-10(4-8)17-7-16-9/h2-6H,7H2,1H3,(H,13,14,15). The average Bonchev–Trinajstić information content (AvgIpc) is 2.86. The van der Waals surface area contributed by atoms with E-state index in [0.717, 1.165) is 5.75 Å². The third-order valence-corrected chi connectivity index (χ3v) is 2.46. The number of hydrogen-bond donors (Lipinski definition) is 1. The smallest absolute Gasteiger partial charge is 0.231 e. The molecule has 0 atom stereocenters. The van der Waals surface area contributed by atoms with Gasteiger partial charge < -0.3 is 19.5 Å². The fraction of sp³-hybridized carbons (Fsp3) is 0.167. The molecule has 0 aliphatic carbocycles. The van der Waals surface area contributed by atoms with Gasteiger partial charge in [0.25, 0.3) is 0 Å². The molecule has 0 radical (unpaired) electrons. The lowest BCUT2D eigenvalue weighted by Crippen LogP contribution is -1.95. The van der Waals surface area contributed by atoms with Crippen molar-refractivity contribution in [3.05, 3.63) is 30.6 Å². The molecule has 0 unspecified atom stereocenters. The number of rotatable bonds is 3. The third-order valence-electron chi connectivity index (χ3n) is 2.46. The van der Waals surface area contributed by atoms with Crippen molar-refractivity contribution < 1.29 is 14.2 Å². The first-order valence-corrected chi connectivity index (χ1v) is 5.42. The first kappa shape index (κ1) is 10.6. The van der Waals surface area contributed by atoms with Crippen molar-refractivity contribution in [3.63, 3.8) is 0 Å². The largest absolute Gasteiger partial charge is 0.454 e. The van der Waals surface area contributed by atoms with Crippen molar-refractivity contribution in [2.75, 3.05) is 19.2 Å². The molecule has 0 amide bonds. The molecule has 2 heterocycles. The van der Waals surface area contributed by atoms with Gasteiger partial charge in [-0.1, -0.05) is 0 Å². The van der Waals surface area contributed by atoms with E-state index in [0.29, 0.717) is 23.2 Å². The van der Waals surface area contributed by atoms with Gasteiger partial charge in [0, 0.05) is 19.2 Å². The molecule has 0 bridgehead atoms. The van der Waals surface area contributed by atoms with Crippen molar-refractivity contribution in [1.82, 2.24) is 9.97 Å². The SMILES string of the molecule is CNc1cc(Oc2ccc3c(c2)OCO3)ncn1. The summed E-state index contributed by atoms with van der Waals surface area (Å²) in [5.74, 6) is 3.20. The summed E-state index contributed by atoms with van der Waals surface area (Å²) in [6, 6.07) is 7.08. The molecule has 0 spiro atoms. The molecule has 6 heteroatoms. The van der Waals surface area contributed by atoms with Gasteiger partial charge in [-0.25, -0.2) is 9.97 Å². The van der Waals surface area contributed by atoms with Crippen LogP contribution in [0.1, 0.15) is 0 Å². The molecule has 1 aliphatic heterocycles. The summed E-state index contributed by atoms with van der Waals surface area (Å²) in [7, 11) is 1.78. The molecule has 6 nitrogen and oxygen atoms in total. The summed E-state index contributed by atoms with van der Waals surface area (Å²) >= 11 is 0. The summed E-state index contributed by atoms with van der Waals surface area (Å²) in [5, 5.41) is 2.92. The highest BCUT2D eigenvalue weighted by Crippen LogP contribution is 2.36. The first-order chi connectivity index (χ1) is 8.85. The summed E-state index contributed by atoms with van der Waals surface area (Å²) < 4.78 is 16.1. The molecule has 2 aromatic rings. The molecule has 1 N–H and O–H groups in total. The normalized spacial score (nSPS) is 12.3. The molecule has 0 fully saturated rings. The maximum Gasteiger partial charge on any atom is 0.231 e. The Labute approximate surface area is 104 Å². The molecule has 0 saturated heterocycles. The minimum atomic E-state index is 0.246. The van der Waals surface area contributed by atoms with E-state index < -0.39 is 0 Å². The zero-order valence-corrected chi connectivity index (χ0v) is 9.71. The lowest BCUT2D eigenvalue weighted by Gasteiger charge is -2.06. The molecule has 1 aromatic heterocycles. The molecule has 3 rings (SSSR count). The van der Waals surface area contributed by atoms with Crippen LogP contribution in [0.5, 0.6) is 23.1 Å². The summed E-state index contributed by atoms with van der Waals surface area (Å²) in [4.78, 5) is 8.04. The van der Waals surface area contributed by atoms with E-state index in [2.05, 4.69) is 15.3 Å². The van der Waals surface area contributed by atoms with Crippen LogP contribution in [0.2, 0.25) is 0 Å². The maximum atomic E-state index is 5.62. The van der Waals surface area contributed by atoms with E-state index >= 15 is 0 Å². The predicted molar refractivity (Wildman–Crippen MR) is 64.2 cm³/mol. The van der Waals surface area contributed by atoms with Crippen LogP contribution in [0.4, 0.5) is 5.82 Å². The van der Waals surface area contributed by atoms with Gasteiger partial charge in [0.05, 0.1) is 0 Å². The molecular formula is C12H11N3O3. The molecule has 0 saturated carbocycles. The van der Waals surface area contributed by atoms with Gasteiger partial charge in [-0.05, 0) is 12.1 Å². The van der Waals surface area contributed by atoms with Crippen molar-refractivity contribution >= 4 is 5.82 Å². The van der Waals surface area contributed by atoms with Crippen LogP contribution >= 0.6 is 0 Å². The first-order valence-electron chi connectivity index (χ1n) is 5.42. The Hall–Kier alpha value is -2.50. The van der Waals surface area contributed by atoms with Gasteiger partial charge in [-0.3, -0.25) is 0 Å². The Morgan fingerprint density at radius 1 is 1.17 bits per heavy atom. The zero-order valence-electron chi connectivity index (χ0n) is 9.71. The minimum absolute atomic E-state index is 0.246. The quantitative estimate of drug-likeness (QED) is 0.892. The van der Waals surface area contributed by atoms with Crippen molar-refractivity contribution in [2.24, 2.45) is 0 Å². The number of hydrogen-bond acceptors (Lipinski definition) is 6. The van der Waals surface area contributed by atoms with Gasteiger partial charge >= 0.3 is 0 Å². The van der Waals surface area contributed by atoms with Gasteiger partial charge in [0.15, 0.2) is 11.5 Å². The van der Waals surface area contributed by atoms with E-state index in [4.69, 9.17) is 14.2 Å².